The van der Waals surface area contributed by atoms with E-state index in [4.69, 9.17) is 5.11 Å². The molecular weight excluding hydrogens is 244 g/mol. The number of nitrogens with one attached hydrogen (secondary N) is 1. The number of hydrogen-bond acceptors (Lipinski definition) is 4. The summed E-state index contributed by atoms with van der Waals surface area (Å²) in [6.07, 6.45) is 4.35. The van der Waals surface area contributed by atoms with E-state index in [1.807, 2.05) is 20.2 Å². The molecule has 0 radical (unpaired) electrons. The number of aryl methyl sites for hydroxylation is 2. The van der Waals surface area contributed by atoms with Crippen LogP contribution >= 0.6 is 0 Å². The predicted molar refractivity (Wildman–Crippen MR) is 71.1 cm³/mol. The molecule has 0 atom stereocenters. The summed E-state index contributed by atoms with van der Waals surface area (Å²) in [6, 6.07) is 3.13. The lowest BCUT2D eigenvalue weighted by atomic mass is 10.2. The molecule has 0 fully saturated rings. The molecule has 0 aliphatic heterocycles. The van der Waals surface area contributed by atoms with Crippen LogP contribution in [0.3, 0.4) is 0 Å². The van der Waals surface area contributed by atoms with E-state index in [2.05, 4.69) is 15.4 Å². The first kappa shape index (κ1) is 13.1. The monoisotopic (exact) mass is 260 g/mol. The molecule has 0 saturated carbocycles. The fourth-order valence-corrected chi connectivity index (χ4v) is 1.74. The van der Waals surface area contributed by atoms with Crippen LogP contribution in [-0.4, -0.2) is 25.8 Å². The molecule has 0 aliphatic carbocycles. The molecule has 0 bridgehead atoms. The number of carboxylic acids is 1. The lowest BCUT2D eigenvalue weighted by Crippen LogP contribution is -2.06. The number of pyridine rings is 1. The molecule has 2 heterocycles. The van der Waals surface area contributed by atoms with Gasteiger partial charge in [-0.2, -0.15) is 5.10 Å². The molecule has 2 rings (SSSR count). The normalized spacial score (nSPS) is 10.4. The zero-order valence-corrected chi connectivity index (χ0v) is 10.9. The maximum atomic E-state index is 11.0. The lowest BCUT2D eigenvalue weighted by Gasteiger charge is -2.07. The van der Waals surface area contributed by atoms with Crippen LogP contribution in [0, 0.1) is 0 Å². The third kappa shape index (κ3) is 3.31. The quantitative estimate of drug-likeness (QED) is 0.855. The summed E-state index contributed by atoms with van der Waals surface area (Å²) < 4.78 is 1.72. The summed E-state index contributed by atoms with van der Waals surface area (Å²) in [5.74, 6) is -0.373. The Labute approximate surface area is 111 Å². The zero-order chi connectivity index (χ0) is 13.8. The summed E-state index contributed by atoms with van der Waals surface area (Å²) in [7, 11) is 1.85. The van der Waals surface area contributed by atoms with Gasteiger partial charge in [-0.15, -0.1) is 0 Å². The Hall–Kier alpha value is -2.37. The van der Waals surface area contributed by atoms with E-state index in [1.54, 1.807) is 16.9 Å². The van der Waals surface area contributed by atoms with Gasteiger partial charge in [0.05, 0.1) is 11.8 Å². The number of rotatable bonds is 5. The van der Waals surface area contributed by atoms with Crippen molar-refractivity contribution in [2.24, 2.45) is 7.05 Å². The van der Waals surface area contributed by atoms with Crippen LogP contribution in [0.2, 0.25) is 0 Å². The molecule has 19 heavy (non-hydrogen) atoms. The van der Waals surface area contributed by atoms with Crippen LogP contribution in [0.15, 0.2) is 24.5 Å². The van der Waals surface area contributed by atoms with Gasteiger partial charge in [-0.3, -0.25) is 4.68 Å². The number of carbonyl (C=O) groups is 1. The Morgan fingerprint density at radius 2 is 2.26 bits per heavy atom. The van der Waals surface area contributed by atoms with Crippen molar-refractivity contribution in [1.82, 2.24) is 14.8 Å². The minimum Gasteiger partial charge on any atom is -0.478 e. The molecule has 100 valence electrons. The summed E-state index contributed by atoms with van der Waals surface area (Å²) in [6.45, 7) is 2.51. The van der Waals surface area contributed by atoms with Crippen molar-refractivity contribution >= 4 is 11.8 Å². The van der Waals surface area contributed by atoms with Gasteiger partial charge < -0.3 is 10.4 Å². The van der Waals surface area contributed by atoms with Crippen LogP contribution in [0.5, 0.6) is 0 Å². The lowest BCUT2D eigenvalue weighted by molar-refractivity contribution is 0.0696. The van der Waals surface area contributed by atoms with Gasteiger partial charge in [0, 0.05) is 31.0 Å². The number of hydrogen-bond donors (Lipinski definition) is 2. The first-order valence-electron chi connectivity index (χ1n) is 6.04. The summed E-state index contributed by atoms with van der Waals surface area (Å²) >= 11 is 0. The van der Waals surface area contributed by atoms with Gasteiger partial charge in [0.15, 0.2) is 0 Å². The maximum absolute atomic E-state index is 11.0. The number of aromatic carboxylic acids is 1. The third-order valence-electron chi connectivity index (χ3n) is 2.72. The number of nitrogens with zero attached hydrogens (tertiary/aromatic N) is 3. The molecule has 2 aromatic rings. The smallest absolute Gasteiger partial charge is 0.335 e. The summed E-state index contributed by atoms with van der Waals surface area (Å²) in [4.78, 5) is 15.4. The summed E-state index contributed by atoms with van der Waals surface area (Å²) in [5, 5.41) is 16.2. The average molecular weight is 260 g/mol. The van der Waals surface area contributed by atoms with Gasteiger partial charge in [-0.05, 0) is 18.6 Å². The predicted octanol–water partition coefficient (Wildman–Crippen LogP) is 1.69. The van der Waals surface area contributed by atoms with Gasteiger partial charge in [0.2, 0.25) is 0 Å². The third-order valence-corrected chi connectivity index (χ3v) is 2.72. The van der Waals surface area contributed by atoms with Gasteiger partial charge in [0.25, 0.3) is 0 Å². The second-order valence-electron chi connectivity index (χ2n) is 4.27. The minimum atomic E-state index is -0.943. The van der Waals surface area contributed by atoms with Crippen molar-refractivity contribution in [3.63, 3.8) is 0 Å². The van der Waals surface area contributed by atoms with Crippen molar-refractivity contribution in [3.05, 3.63) is 41.3 Å². The molecule has 2 N–H and O–H groups in total. The topological polar surface area (TPSA) is 80.0 Å². The molecule has 6 heteroatoms. The van der Waals surface area contributed by atoms with Crippen LogP contribution in [0.4, 0.5) is 5.82 Å². The summed E-state index contributed by atoms with van der Waals surface area (Å²) in [5.41, 5.74) is 2.03. The van der Waals surface area contributed by atoms with Crippen molar-refractivity contribution in [2.45, 2.75) is 19.9 Å². The van der Waals surface area contributed by atoms with Crippen molar-refractivity contribution in [1.29, 1.82) is 0 Å². The first-order valence-corrected chi connectivity index (χ1v) is 6.04. The average Bonchev–Trinajstić information content (AvgIpc) is 2.81. The minimum absolute atomic E-state index is 0.250. The molecule has 6 nitrogen and oxygen atoms in total. The van der Waals surface area contributed by atoms with E-state index in [-0.39, 0.29) is 5.56 Å². The Morgan fingerprint density at radius 3 is 2.84 bits per heavy atom. The Balaban J connectivity index is 2.15. The highest BCUT2D eigenvalue weighted by Crippen LogP contribution is 2.12. The Bertz CT molecular complexity index is 592. The highest BCUT2D eigenvalue weighted by Gasteiger charge is 2.07. The fraction of sp³-hybridized carbons (Fsp3) is 0.308. The van der Waals surface area contributed by atoms with Gasteiger partial charge >= 0.3 is 5.97 Å². The van der Waals surface area contributed by atoms with Crippen molar-refractivity contribution < 1.29 is 9.90 Å². The highest BCUT2D eigenvalue weighted by atomic mass is 16.4. The molecule has 0 spiro atoms. The van der Waals surface area contributed by atoms with E-state index in [1.165, 1.54) is 6.07 Å². The number of carboxylic acid groups (broad SMARTS) is 1. The van der Waals surface area contributed by atoms with Crippen molar-refractivity contribution in [2.75, 3.05) is 5.32 Å². The van der Waals surface area contributed by atoms with E-state index < -0.39 is 5.97 Å². The van der Waals surface area contributed by atoms with Crippen LogP contribution in [-0.2, 0) is 20.0 Å². The SMILES string of the molecule is CCc1cc(C(=O)O)cc(NCc2cnn(C)c2)n1. The second kappa shape index (κ2) is 5.51. The van der Waals surface area contributed by atoms with E-state index in [0.717, 1.165) is 11.3 Å². The second-order valence-corrected chi connectivity index (χ2v) is 4.27. The fourth-order valence-electron chi connectivity index (χ4n) is 1.74. The molecule has 0 aromatic carbocycles. The van der Waals surface area contributed by atoms with E-state index in [9.17, 15) is 4.79 Å². The molecular formula is C13H16N4O2. The van der Waals surface area contributed by atoms with E-state index >= 15 is 0 Å². The van der Waals surface area contributed by atoms with Crippen LogP contribution < -0.4 is 5.32 Å². The molecule has 0 unspecified atom stereocenters. The number of anilines is 1. The molecule has 0 aliphatic rings. The standard InChI is InChI=1S/C13H16N4O2/c1-3-11-4-10(13(18)19)5-12(16-11)14-6-9-7-15-17(2)8-9/h4-5,7-8H,3,6H2,1-2H3,(H,14,16)(H,18,19). The zero-order valence-electron chi connectivity index (χ0n) is 10.9. The Kier molecular flexibility index (Phi) is 3.79. The number of aromatic nitrogens is 3. The van der Waals surface area contributed by atoms with Gasteiger partial charge in [0.1, 0.15) is 5.82 Å². The van der Waals surface area contributed by atoms with Gasteiger partial charge in [-0.1, -0.05) is 6.92 Å². The van der Waals surface area contributed by atoms with Crippen molar-refractivity contribution in [3.8, 4) is 0 Å². The van der Waals surface area contributed by atoms with Gasteiger partial charge in [-0.25, -0.2) is 9.78 Å². The molecule has 0 amide bonds. The molecule has 2 aromatic heterocycles. The Morgan fingerprint density at radius 1 is 1.47 bits per heavy atom. The van der Waals surface area contributed by atoms with Crippen LogP contribution in [0.1, 0.15) is 28.5 Å². The van der Waals surface area contributed by atoms with Crippen LogP contribution in [0.25, 0.3) is 0 Å². The maximum Gasteiger partial charge on any atom is 0.335 e. The largest absolute Gasteiger partial charge is 0.478 e. The van der Waals surface area contributed by atoms with E-state index in [0.29, 0.717) is 18.8 Å². The molecule has 0 saturated heterocycles. The first-order chi connectivity index (χ1) is 9.08. The highest BCUT2D eigenvalue weighted by molar-refractivity contribution is 5.88.